The molecule has 0 amide bonds. The van der Waals surface area contributed by atoms with E-state index in [1.165, 1.54) is 4.90 Å². The van der Waals surface area contributed by atoms with Crippen LogP contribution >= 0.6 is 0 Å². The van der Waals surface area contributed by atoms with Crippen LogP contribution in [0.4, 0.5) is 26.1 Å². The highest BCUT2D eigenvalue weighted by molar-refractivity contribution is 5.74. The molecule has 0 radical (unpaired) electrons. The number of hydrogen-bond donors (Lipinski definition) is 3. The van der Waals surface area contributed by atoms with Gasteiger partial charge in [0.1, 0.15) is 5.69 Å². The standard InChI is InChI=1S/C13H21F2N5O.H3N.H2/c1-12(2,3)7-21-11-18-9(17)8(16)10(19-11)20-5-4-13(14,15)6-20;;/h4-7,16H2,1-3H3,(H2,17,18,19);1H3;1H. The number of nitrogens with zero attached hydrogens (tertiary/aromatic N) is 3. The molecule has 1 aliphatic rings. The molecular formula is C13H26F2N6O. The van der Waals surface area contributed by atoms with Crippen LogP contribution in [0.5, 0.6) is 6.01 Å². The lowest BCUT2D eigenvalue weighted by molar-refractivity contribution is 0.0256. The smallest absolute Gasteiger partial charge is 0.320 e. The van der Waals surface area contributed by atoms with Crippen LogP contribution in [0.25, 0.3) is 0 Å². The molecule has 7 N–H and O–H groups in total. The van der Waals surface area contributed by atoms with Gasteiger partial charge in [-0.2, -0.15) is 9.97 Å². The van der Waals surface area contributed by atoms with E-state index in [4.69, 9.17) is 16.2 Å². The lowest BCUT2D eigenvalue weighted by Crippen LogP contribution is -2.27. The molecule has 9 heteroatoms. The monoisotopic (exact) mass is 320 g/mol. The predicted octanol–water partition coefficient (Wildman–Crippen LogP) is 2.32. The van der Waals surface area contributed by atoms with E-state index in [-0.39, 0.29) is 49.3 Å². The maximum absolute atomic E-state index is 13.3. The number of rotatable bonds is 3. The summed E-state index contributed by atoms with van der Waals surface area (Å²) in [6, 6.07) is 0.0573. The average molecular weight is 320 g/mol. The Kier molecular flexibility index (Phi) is 5.01. The Morgan fingerprint density at radius 1 is 1.32 bits per heavy atom. The first-order valence-electron chi connectivity index (χ1n) is 6.76. The molecular weight excluding hydrogens is 294 g/mol. The van der Waals surface area contributed by atoms with Gasteiger partial charge in [0.2, 0.25) is 0 Å². The van der Waals surface area contributed by atoms with Crippen LogP contribution < -0.4 is 27.3 Å². The van der Waals surface area contributed by atoms with Crippen molar-refractivity contribution in [3.63, 3.8) is 0 Å². The first-order valence-corrected chi connectivity index (χ1v) is 6.76. The highest BCUT2D eigenvalue weighted by atomic mass is 19.3. The lowest BCUT2D eigenvalue weighted by atomic mass is 9.99. The van der Waals surface area contributed by atoms with Gasteiger partial charge in [0.05, 0.1) is 13.2 Å². The zero-order chi connectivity index (χ0) is 15.8. The van der Waals surface area contributed by atoms with Gasteiger partial charge >= 0.3 is 6.01 Å². The molecule has 2 rings (SSSR count). The number of hydrogen-bond acceptors (Lipinski definition) is 7. The molecule has 1 fully saturated rings. The molecule has 0 saturated carbocycles. The third kappa shape index (κ3) is 4.30. The maximum atomic E-state index is 13.3. The zero-order valence-corrected chi connectivity index (χ0v) is 13.2. The van der Waals surface area contributed by atoms with E-state index < -0.39 is 12.5 Å². The highest BCUT2D eigenvalue weighted by Crippen LogP contribution is 2.35. The number of halogens is 2. The minimum absolute atomic E-state index is 0. The van der Waals surface area contributed by atoms with Crippen molar-refractivity contribution in [2.75, 3.05) is 36.1 Å². The molecule has 0 atom stereocenters. The van der Waals surface area contributed by atoms with Crippen LogP contribution in [0.2, 0.25) is 0 Å². The number of anilines is 3. The van der Waals surface area contributed by atoms with Gasteiger partial charge in [-0.05, 0) is 5.41 Å². The molecule has 0 bridgehead atoms. The molecule has 1 saturated heterocycles. The van der Waals surface area contributed by atoms with Gasteiger partial charge < -0.3 is 27.3 Å². The molecule has 1 aromatic heterocycles. The molecule has 0 spiro atoms. The second-order valence-electron chi connectivity index (χ2n) is 6.51. The van der Waals surface area contributed by atoms with Crippen LogP contribution in [0.15, 0.2) is 0 Å². The molecule has 1 aliphatic heterocycles. The predicted molar refractivity (Wildman–Crippen MR) is 84.7 cm³/mol. The van der Waals surface area contributed by atoms with Crippen LogP contribution in [-0.2, 0) is 0 Å². The van der Waals surface area contributed by atoms with Crippen molar-refractivity contribution in [1.82, 2.24) is 16.1 Å². The topological polar surface area (TPSA) is 125 Å². The van der Waals surface area contributed by atoms with E-state index in [0.29, 0.717) is 6.61 Å². The Labute approximate surface area is 130 Å². The first-order chi connectivity index (χ1) is 9.57. The van der Waals surface area contributed by atoms with Crippen molar-refractivity contribution >= 4 is 17.3 Å². The van der Waals surface area contributed by atoms with Gasteiger partial charge in [-0.25, -0.2) is 8.78 Å². The van der Waals surface area contributed by atoms with Crippen molar-refractivity contribution in [2.24, 2.45) is 5.41 Å². The summed E-state index contributed by atoms with van der Waals surface area (Å²) >= 11 is 0. The largest absolute Gasteiger partial charge is 0.463 e. The third-order valence-corrected chi connectivity index (χ3v) is 3.04. The van der Waals surface area contributed by atoms with Crippen molar-refractivity contribution < 1.29 is 14.9 Å². The van der Waals surface area contributed by atoms with Gasteiger partial charge in [0, 0.05) is 14.4 Å². The lowest BCUT2D eigenvalue weighted by Gasteiger charge is -2.22. The molecule has 0 aliphatic carbocycles. The van der Waals surface area contributed by atoms with Gasteiger partial charge in [-0.1, -0.05) is 20.8 Å². The second-order valence-corrected chi connectivity index (χ2v) is 6.51. The van der Waals surface area contributed by atoms with Crippen LogP contribution in [0.3, 0.4) is 0 Å². The summed E-state index contributed by atoms with van der Waals surface area (Å²) < 4.78 is 32.1. The van der Waals surface area contributed by atoms with Crippen molar-refractivity contribution in [2.45, 2.75) is 33.1 Å². The number of ether oxygens (including phenoxy) is 1. The number of aromatic nitrogens is 2. The third-order valence-electron chi connectivity index (χ3n) is 3.04. The molecule has 0 aromatic carbocycles. The van der Waals surface area contributed by atoms with Gasteiger partial charge in [-0.3, -0.25) is 0 Å². The zero-order valence-electron chi connectivity index (χ0n) is 13.2. The fraction of sp³-hybridized carbons (Fsp3) is 0.692. The van der Waals surface area contributed by atoms with Gasteiger partial charge in [0.15, 0.2) is 11.6 Å². The number of nitrogens with two attached hydrogens (primary N) is 2. The summed E-state index contributed by atoms with van der Waals surface area (Å²) in [5, 5.41) is 0. The quantitative estimate of drug-likeness (QED) is 0.780. The van der Waals surface area contributed by atoms with Crippen LogP contribution in [0.1, 0.15) is 28.6 Å². The summed E-state index contributed by atoms with van der Waals surface area (Å²) in [4.78, 5) is 9.50. The summed E-state index contributed by atoms with van der Waals surface area (Å²) in [7, 11) is 0. The van der Waals surface area contributed by atoms with Crippen molar-refractivity contribution in [3.05, 3.63) is 0 Å². The fourth-order valence-corrected chi connectivity index (χ4v) is 1.96. The van der Waals surface area contributed by atoms with Crippen molar-refractivity contribution in [1.29, 1.82) is 0 Å². The van der Waals surface area contributed by atoms with Crippen LogP contribution in [0, 0.1) is 5.41 Å². The molecule has 22 heavy (non-hydrogen) atoms. The molecule has 0 unspecified atom stereocenters. The summed E-state index contributed by atoms with van der Waals surface area (Å²) in [5.74, 6) is -2.49. The van der Waals surface area contributed by atoms with E-state index >= 15 is 0 Å². The molecule has 128 valence electrons. The fourth-order valence-electron chi connectivity index (χ4n) is 1.96. The van der Waals surface area contributed by atoms with Gasteiger partial charge in [-0.15, -0.1) is 0 Å². The molecule has 2 heterocycles. The van der Waals surface area contributed by atoms with Crippen molar-refractivity contribution in [3.8, 4) is 6.01 Å². The Bertz CT molecular complexity index is 538. The normalized spacial score (nSPS) is 17.2. The minimum Gasteiger partial charge on any atom is -0.463 e. The summed E-state index contributed by atoms with van der Waals surface area (Å²) in [5.41, 5.74) is 11.6. The Morgan fingerprint density at radius 3 is 2.45 bits per heavy atom. The average Bonchev–Trinajstić information content (AvgIpc) is 2.70. The Morgan fingerprint density at radius 2 is 1.95 bits per heavy atom. The van der Waals surface area contributed by atoms with E-state index in [0.717, 1.165) is 0 Å². The highest BCUT2D eigenvalue weighted by Gasteiger charge is 2.39. The first kappa shape index (κ1) is 18.1. The SMILES string of the molecule is CC(C)(C)COc1nc(N)c(N)c(N2CCC(F)(F)C2)n1.N.[HH]. The van der Waals surface area contributed by atoms with Gasteiger partial charge in [0.25, 0.3) is 5.92 Å². The maximum Gasteiger partial charge on any atom is 0.320 e. The summed E-state index contributed by atoms with van der Waals surface area (Å²) in [6.45, 7) is 6.12. The Balaban J connectivity index is 0.00000242. The van der Waals surface area contributed by atoms with E-state index in [1.807, 2.05) is 20.8 Å². The molecule has 7 nitrogen and oxygen atoms in total. The van der Waals surface area contributed by atoms with Crippen LogP contribution in [-0.4, -0.2) is 35.6 Å². The minimum atomic E-state index is -2.74. The second kappa shape index (κ2) is 6.07. The number of alkyl halides is 2. The van der Waals surface area contributed by atoms with E-state index in [9.17, 15) is 8.78 Å². The van der Waals surface area contributed by atoms with E-state index in [2.05, 4.69) is 9.97 Å². The summed E-state index contributed by atoms with van der Waals surface area (Å²) in [6.07, 6.45) is -0.228. The molecule has 1 aromatic rings. The number of nitrogen functional groups attached to an aromatic ring is 2. The van der Waals surface area contributed by atoms with E-state index in [1.54, 1.807) is 0 Å². The Hall–Kier alpha value is -1.90.